The van der Waals surface area contributed by atoms with Gasteiger partial charge in [0.15, 0.2) is 0 Å². The van der Waals surface area contributed by atoms with Crippen molar-refractivity contribution in [2.45, 2.75) is 24.9 Å². The van der Waals surface area contributed by atoms with E-state index < -0.39 is 10.0 Å². The predicted octanol–water partition coefficient (Wildman–Crippen LogP) is 2.80. The second-order valence-corrected chi connectivity index (χ2v) is 8.09. The molecule has 1 amide bonds. The maximum Gasteiger partial charge on any atom is 0.251 e. The number of nitrogens with one attached hydrogen (secondary N) is 2. The molecule has 7 heteroatoms. The van der Waals surface area contributed by atoms with Crippen molar-refractivity contribution >= 4 is 15.9 Å². The molecule has 0 bridgehead atoms. The van der Waals surface area contributed by atoms with Gasteiger partial charge in [-0.25, -0.2) is 13.1 Å². The number of nitrogens with zero attached hydrogens (tertiary/aromatic N) is 1. The van der Waals surface area contributed by atoms with E-state index in [0.29, 0.717) is 6.54 Å². The van der Waals surface area contributed by atoms with Crippen molar-refractivity contribution in [3.8, 4) is 0 Å². The molecular formula is C21H21N3O3S. The lowest BCUT2D eigenvalue weighted by atomic mass is 10.1. The molecule has 3 rings (SSSR count). The van der Waals surface area contributed by atoms with Crippen LogP contribution in [0.25, 0.3) is 0 Å². The summed E-state index contributed by atoms with van der Waals surface area (Å²) in [5.41, 5.74) is 3.05. The molecule has 0 atom stereocenters. The van der Waals surface area contributed by atoms with Gasteiger partial charge in [0.2, 0.25) is 10.0 Å². The molecule has 0 aliphatic rings. The molecule has 2 N–H and O–H groups in total. The average Bonchev–Trinajstić information content (AvgIpc) is 2.72. The van der Waals surface area contributed by atoms with E-state index >= 15 is 0 Å². The van der Waals surface area contributed by atoms with E-state index in [-0.39, 0.29) is 22.9 Å². The highest BCUT2D eigenvalue weighted by Crippen LogP contribution is 2.14. The zero-order valence-electron chi connectivity index (χ0n) is 15.4. The molecule has 0 spiro atoms. The van der Waals surface area contributed by atoms with Crippen LogP contribution in [0.4, 0.5) is 0 Å². The number of amides is 1. The second kappa shape index (κ2) is 8.77. The van der Waals surface area contributed by atoms with Gasteiger partial charge in [0.25, 0.3) is 5.91 Å². The molecule has 0 saturated heterocycles. The SMILES string of the molecule is Cc1ccccc1CNS(=O)(=O)c1cccc(C(=O)NCc2cccnc2)c1. The standard InChI is InChI=1S/C21H21N3O3S/c1-16-6-2-3-8-19(16)15-24-28(26,27)20-10-4-9-18(12-20)21(25)23-14-17-7-5-11-22-13-17/h2-13,24H,14-15H2,1H3,(H,23,25). The van der Waals surface area contributed by atoms with Gasteiger partial charge < -0.3 is 5.32 Å². The molecule has 0 saturated carbocycles. The Morgan fingerprint density at radius 3 is 2.57 bits per heavy atom. The molecule has 28 heavy (non-hydrogen) atoms. The first-order valence-corrected chi connectivity index (χ1v) is 10.3. The number of carbonyl (C=O) groups excluding carboxylic acids is 1. The van der Waals surface area contributed by atoms with Gasteiger partial charge in [-0.3, -0.25) is 9.78 Å². The van der Waals surface area contributed by atoms with Crippen LogP contribution in [0.3, 0.4) is 0 Å². The third kappa shape index (κ3) is 5.03. The van der Waals surface area contributed by atoms with Crippen LogP contribution in [0.5, 0.6) is 0 Å². The van der Waals surface area contributed by atoms with Crippen molar-refractivity contribution in [3.63, 3.8) is 0 Å². The van der Waals surface area contributed by atoms with E-state index in [2.05, 4.69) is 15.0 Å². The molecule has 0 fully saturated rings. The number of aromatic nitrogens is 1. The first kappa shape index (κ1) is 19.7. The summed E-state index contributed by atoms with van der Waals surface area (Å²) in [5, 5.41) is 2.77. The maximum absolute atomic E-state index is 12.6. The molecule has 2 aromatic carbocycles. The minimum Gasteiger partial charge on any atom is -0.348 e. The number of rotatable bonds is 7. The van der Waals surface area contributed by atoms with Gasteiger partial charge in [0.1, 0.15) is 0 Å². The topological polar surface area (TPSA) is 88.2 Å². The number of hydrogen-bond donors (Lipinski definition) is 2. The summed E-state index contributed by atoms with van der Waals surface area (Å²) in [6.45, 7) is 2.43. The van der Waals surface area contributed by atoms with Crippen molar-refractivity contribution in [1.29, 1.82) is 0 Å². The molecular weight excluding hydrogens is 374 g/mol. The predicted molar refractivity (Wildman–Crippen MR) is 107 cm³/mol. The van der Waals surface area contributed by atoms with Gasteiger partial charge in [-0.15, -0.1) is 0 Å². The second-order valence-electron chi connectivity index (χ2n) is 6.32. The van der Waals surface area contributed by atoms with E-state index in [4.69, 9.17) is 0 Å². The molecule has 1 heterocycles. The number of benzene rings is 2. The van der Waals surface area contributed by atoms with Crippen LogP contribution in [0.1, 0.15) is 27.0 Å². The third-order valence-corrected chi connectivity index (χ3v) is 5.70. The lowest BCUT2D eigenvalue weighted by molar-refractivity contribution is 0.0950. The molecule has 0 aliphatic heterocycles. The Balaban J connectivity index is 1.69. The fraction of sp³-hybridized carbons (Fsp3) is 0.143. The normalized spacial score (nSPS) is 11.2. The zero-order chi connectivity index (χ0) is 20.0. The first-order chi connectivity index (χ1) is 13.5. The summed E-state index contributed by atoms with van der Waals surface area (Å²) in [7, 11) is -3.74. The number of sulfonamides is 1. The Morgan fingerprint density at radius 2 is 1.82 bits per heavy atom. The largest absolute Gasteiger partial charge is 0.348 e. The van der Waals surface area contributed by atoms with Crippen LogP contribution in [0, 0.1) is 6.92 Å². The highest BCUT2D eigenvalue weighted by Gasteiger charge is 2.16. The molecule has 1 aromatic heterocycles. The van der Waals surface area contributed by atoms with Crippen LogP contribution in [0.15, 0.2) is 78.0 Å². The highest BCUT2D eigenvalue weighted by molar-refractivity contribution is 7.89. The smallest absolute Gasteiger partial charge is 0.251 e. The lowest BCUT2D eigenvalue weighted by Gasteiger charge is -2.10. The van der Waals surface area contributed by atoms with Crippen molar-refractivity contribution in [2.24, 2.45) is 0 Å². The first-order valence-electron chi connectivity index (χ1n) is 8.77. The van der Waals surface area contributed by atoms with E-state index in [1.54, 1.807) is 30.6 Å². The fourth-order valence-electron chi connectivity index (χ4n) is 2.66. The maximum atomic E-state index is 12.6. The van der Waals surface area contributed by atoms with E-state index in [1.165, 1.54) is 12.1 Å². The molecule has 0 unspecified atom stereocenters. The minimum atomic E-state index is -3.74. The quantitative estimate of drug-likeness (QED) is 0.644. The van der Waals surface area contributed by atoms with Crippen LogP contribution >= 0.6 is 0 Å². The molecule has 0 radical (unpaired) electrons. The van der Waals surface area contributed by atoms with Crippen molar-refractivity contribution < 1.29 is 13.2 Å². The number of carbonyl (C=O) groups is 1. The van der Waals surface area contributed by atoms with E-state index in [9.17, 15) is 13.2 Å². The summed E-state index contributed by atoms with van der Waals surface area (Å²) in [4.78, 5) is 16.4. The number of hydrogen-bond acceptors (Lipinski definition) is 4. The Hall–Kier alpha value is -3.03. The molecule has 6 nitrogen and oxygen atoms in total. The number of aryl methyl sites for hydroxylation is 1. The van der Waals surface area contributed by atoms with Gasteiger partial charge in [0, 0.05) is 31.0 Å². The van der Waals surface area contributed by atoms with Crippen LogP contribution in [-0.4, -0.2) is 19.3 Å². The zero-order valence-corrected chi connectivity index (χ0v) is 16.2. The summed E-state index contributed by atoms with van der Waals surface area (Å²) < 4.78 is 27.8. The van der Waals surface area contributed by atoms with Crippen molar-refractivity contribution in [3.05, 3.63) is 95.3 Å². The molecule has 3 aromatic rings. The minimum absolute atomic E-state index is 0.0510. The van der Waals surface area contributed by atoms with Gasteiger partial charge in [-0.1, -0.05) is 36.4 Å². The third-order valence-electron chi connectivity index (χ3n) is 4.30. The average molecular weight is 395 g/mol. The Kier molecular flexibility index (Phi) is 6.18. The summed E-state index contributed by atoms with van der Waals surface area (Å²) >= 11 is 0. The van der Waals surface area contributed by atoms with Crippen molar-refractivity contribution in [2.75, 3.05) is 0 Å². The van der Waals surface area contributed by atoms with Gasteiger partial charge in [-0.2, -0.15) is 0 Å². The Bertz CT molecular complexity index is 1070. The Labute approximate surface area is 164 Å². The summed E-state index contributed by atoms with van der Waals surface area (Å²) in [6, 6.07) is 17.2. The van der Waals surface area contributed by atoms with E-state index in [0.717, 1.165) is 16.7 Å². The highest BCUT2D eigenvalue weighted by atomic mass is 32.2. The summed E-state index contributed by atoms with van der Waals surface area (Å²) in [6.07, 6.45) is 3.32. The molecule has 144 valence electrons. The van der Waals surface area contributed by atoms with Crippen LogP contribution in [0.2, 0.25) is 0 Å². The van der Waals surface area contributed by atoms with Gasteiger partial charge in [0.05, 0.1) is 4.90 Å². The lowest BCUT2D eigenvalue weighted by Crippen LogP contribution is -2.25. The van der Waals surface area contributed by atoms with Gasteiger partial charge >= 0.3 is 0 Å². The Morgan fingerprint density at radius 1 is 1.00 bits per heavy atom. The van der Waals surface area contributed by atoms with Gasteiger partial charge in [-0.05, 0) is 47.9 Å². The monoisotopic (exact) mass is 395 g/mol. The fourth-order valence-corrected chi connectivity index (χ4v) is 3.71. The number of pyridine rings is 1. The summed E-state index contributed by atoms with van der Waals surface area (Å²) in [5.74, 6) is -0.347. The molecule has 0 aliphatic carbocycles. The van der Waals surface area contributed by atoms with Crippen LogP contribution < -0.4 is 10.0 Å². The van der Waals surface area contributed by atoms with E-state index in [1.807, 2.05) is 37.3 Å². The van der Waals surface area contributed by atoms with Crippen molar-refractivity contribution in [1.82, 2.24) is 15.0 Å². The van der Waals surface area contributed by atoms with Crippen LogP contribution in [-0.2, 0) is 23.1 Å².